The molecule has 0 spiro atoms. The second kappa shape index (κ2) is 4.49. The van der Waals surface area contributed by atoms with E-state index < -0.39 is 5.60 Å². The molecule has 1 aliphatic rings. The van der Waals surface area contributed by atoms with E-state index in [1.54, 1.807) is 6.92 Å². The monoisotopic (exact) mass is 265 g/mol. The van der Waals surface area contributed by atoms with Gasteiger partial charge in [-0.1, -0.05) is 53.7 Å². The normalized spacial score (nSPS) is 21.4. The van der Waals surface area contributed by atoms with Crippen molar-refractivity contribution in [3.63, 3.8) is 0 Å². The first-order chi connectivity index (χ1) is 9.66. The molecular formula is C16H15N3O. The number of hydrogen-bond donors (Lipinski definition) is 2. The van der Waals surface area contributed by atoms with Gasteiger partial charge in [0.1, 0.15) is 11.4 Å². The highest BCUT2D eigenvalue weighted by Gasteiger charge is 2.48. The number of nitrogens with zero attached hydrogens (tertiary/aromatic N) is 1. The van der Waals surface area contributed by atoms with E-state index in [9.17, 15) is 0 Å². The molecular weight excluding hydrogens is 250 g/mol. The topological polar surface area (TPSA) is 71.5 Å². The Morgan fingerprint density at radius 2 is 1.70 bits per heavy atom. The fourth-order valence-electron chi connectivity index (χ4n) is 2.51. The van der Waals surface area contributed by atoms with Gasteiger partial charge in [0.2, 0.25) is 5.60 Å². The van der Waals surface area contributed by atoms with Crippen molar-refractivity contribution in [2.75, 3.05) is 5.73 Å². The molecule has 2 aromatic rings. The second-order valence-electron chi connectivity index (χ2n) is 4.78. The van der Waals surface area contributed by atoms with Crippen molar-refractivity contribution in [3.05, 3.63) is 65.7 Å². The van der Waals surface area contributed by atoms with E-state index in [-0.39, 0.29) is 0 Å². The summed E-state index contributed by atoms with van der Waals surface area (Å²) in [5.74, 6) is 0. The van der Waals surface area contributed by atoms with Crippen molar-refractivity contribution in [2.45, 2.75) is 12.5 Å². The molecule has 0 fully saturated rings. The Morgan fingerprint density at radius 1 is 1.05 bits per heavy atom. The molecule has 0 saturated heterocycles. The van der Waals surface area contributed by atoms with Crippen LogP contribution in [-0.2, 0) is 10.4 Å². The SMILES string of the molecule is CC1=NOC(c2ccccc2)(c2ccccc2N)C1=N. The number of nitrogens with two attached hydrogens (primary N) is 1. The number of hydrogen-bond acceptors (Lipinski definition) is 4. The van der Waals surface area contributed by atoms with Crippen LogP contribution in [0.5, 0.6) is 0 Å². The van der Waals surface area contributed by atoms with Crippen LogP contribution in [0.1, 0.15) is 18.1 Å². The zero-order valence-corrected chi connectivity index (χ0v) is 11.1. The van der Waals surface area contributed by atoms with Crippen molar-refractivity contribution in [1.82, 2.24) is 0 Å². The van der Waals surface area contributed by atoms with Gasteiger partial charge < -0.3 is 10.6 Å². The molecule has 3 N–H and O–H groups in total. The van der Waals surface area contributed by atoms with Gasteiger partial charge in [-0.15, -0.1) is 0 Å². The Labute approximate surface area is 117 Å². The second-order valence-corrected chi connectivity index (χ2v) is 4.78. The summed E-state index contributed by atoms with van der Waals surface area (Å²) in [4.78, 5) is 5.70. The maximum atomic E-state index is 8.42. The number of nitrogen functional groups attached to an aromatic ring is 1. The quantitative estimate of drug-likeness (QED) is 0.819. The van der Waals surface area contributed by atoms with Crippen LogP contribution in [0.3, 0.4) is 0 Å². The zero-order chi connectivity index (χ0) is 14.2. The fraction of sp³-hybridized carbons (Fsp3) is 0.125. The number of rotatable bonds is 2. The Kier molecular flexibility index (Phi) is 2.79. The molecule has 0 saturated carbocycles. The van der Waals surface area contributed by atoms with Gasteiger partial charge in [-0.25, -0.2) is 0 Å². The van der Waals surface area contributed by atoms with Gasteiger partial charge in [0.25, 0.3) is 0 Å². The minimum atomic E-state index is -1.04. The van der Waals surface area contributed by atoms with Gasteiger partial charge in [0, 0.05) is 16.8 Å². The van der Waals surface area contributed by atoms with Crippen molar-refractivity contribution in [3.8, 4) is 0 Å². The Bertz CT molecular complexity index is 694. The molecule has 0 radical (unpaired) electrons. The standard InChI is InChI=1S/C16H15N3O/c1-11-15(18)16(20-19-11,12-7-3-2-4-8-12)13-9-5-6-10-14(13)17/h2-10,18H,17H2,1H3. The average molecular weight is 265 g/mol. The minimum absolute atomic E-state index is 0.321. The van der Waals surface area contributed by atoms with E-state index in [1.165, 1.54) is 0 Å². The molecule has 1 atom stereocenters. The van der Waals surface area contributed by atoms with Crippen LogP contribution in [-0.4, -0.2) is 11.4 Å². The number of oxime groups is 1. The Morgan fingerprint density at radius 3 is 2.30 bits per heavy atom. The first-order valence-corrected chi connectivity index (χ1v) is 6.39. The van der Waals surface area contributed by atoms with Crippen molar-refractivity contribution < 1.29 is 4.84 Å². The van der Waals surface area contributed by atoms with E-state index in [4.69, 9.17) is 16.0 Å². The summed E-state index contributed by atoms with van der Waals surface area (Å²) in [7, 11) is 0. The third-order valence-corrected chi connectivity index (χ3v) is 3.55. The van der Waals surface area contributed by atoms with Crippen LogP contribution in [0.15, 0.2) is 59.8 Å². The van der Waals surface area contributed by atoms with Gasteiger partial charge in [-0.3, -0.25) is 5.41 Å². The van der Waals surface area contributed by atoms with Gasteiger partial charge in [-0.2, -0.15) is 0 Å². The van der Waals surface area contributed by atoms with Crippen molar-refractivity contribution in [2.24, 2.45) is 5.16 Å². The summed E-state index contributed by atoms with van der Waals surface area (Å²) in [5.41, 5.74) is 8.13. The summed E-state index contributed by atoms with van der Waals surface area (Å²) < 4.78 is 0. The Balaban J connectivity index is 2.27. The lowest BCUT2D eigenvalue weighted by molar-refractivity contribution is 0.0523. The highest BCUT2D eigenvalue weighted by atomic mass is 16.7. The molecule has 0 bridgehead atoms. The van der Waals surface area contributed by atoms with Crippen LogP contribution in [0.25, 0.3) is 0 Å². The van der Waals surface area contributed by atoms with Gasteiger partial charge in [0.05, 0.1) is 0 Å². The highest BCUT2D eigenvalue weighted by molar-refractivity contribution is 6.44. The van der Waals surface area contributed by atoms with E-state index in [1.807, 2.05) is 54.6 Å². The maximum Gasteiger partial charge on any atom is 0.232 e. The third kappa shape index (κ3) is 1.61. The maximum absolute atomic E-state index is 8.42. The number of anilines is 1. The van der Waals surface area contributed by atoms with Gasteiger partial charge >= 0.3 is 0 Å². The smallest absolute Gasteiger partial charge is 0.232 e. The van der Waals surface area contributed by atoms with Crippen LogP contribution >= 0.6 is 0 Å². The molecule has 4 heteroatoms. The Hall–Kier alpha value is -2.62. The fourth-order valence-corrected chi connectivity index (χ4v) is 2.51. The van der Waals surface area contributed by atoms with E-state index in [0.29, 0.717) is 17.1 Å². The van der Waals surface area contributed by atoms with Crippen LogP contribution < -0.4 is 5.73 Å². The predicted molar refractivity (Wildman–Crippen MR) is 80.0 cm³/mol. The molecule has 20 heavy (non-hydrogen) atoms. The molecule has 1 unspecified atom stereocenters. The molecule has 100 valence electrons. The summed E-state index contributed by atoms with van der Waals surface area (Å²) in [6.45, 7) is 1.77. The lowest BCUT2D eigenvalue weighted by atomic mass is 9.80. The van der Waals surface area contributed by atoms with Gasteiger partial charge in [-0.05, 0) is 13.0 Å². The summed E-state index contributed by atoms with van der Waals surface area (Å²) >= 11 is 0. The summed E-state index contributed by atoms with van der Waals surface area (Å²) in [5, 5.41) is 12.4. The number of benzene rings is 2. The van der Waals surface area contributed by atoms with Crippen LogP contribution in [0, 0.1) is 5.41 Å². The van der Waals surface area contributed by atoms with Crippen LogP contribution in [0.4, 0.5) is 5.69 Å². The van der Waals surface area contributed by atoms with Crippen molar-refractivity contribution >= 4 is 17.1 Å². The molecule has 0 aliphatic carbocycles. The predicted octanol–water partition coefficient (Wildman–Crippen LogP) is 2.94. The first-order valence-electron chi connectivity index (χ1n) is 6.39. The molecule has 3 rings (SSSR count). The molecule has 1 heterocycles. The molecule has 2 aromatic carbocycles. The molecule has 4 nitrogen and oxygen atoms in total. The highest BCUT2D eigenvalue weighted by Crippen LogP contribution is 2.41. The average Bonchev–Trinajstić information content (AvgIpc) is 2.78. The summed E-state index contributed by atoms with van der Waals surface area (Å²) in [6, 6.07) is 17.1. The third-order valence-electron chi connectivity index (χ3n) is 3.55. The number of para-hydroxylation sites is 1. The minimum Gasteiger partial charge on any atom is -0.398 e. The first kappa shape index (κ1) is 12.4. The lowest BCUT2D eigenvalue weighted by Crippen LogP contribution is -2.37. The van der Waals surface area contributed by atoms with E-state index in [0.717, 1.165) is 11.1 Å². The lowest BCUT2D eigenvalue weighted by Gasteiger charge is -2.29. The molecule has 0 amide bonds. The van der Waals surface area contributed by atoms with E-state index in [2.05, 4.69) is 5.16 Å². The zero-order valence-electron chi connectivity index (χ0n) is 11.1. The molecule has 0 aromatic heterocycles. The summed E-state index contributed by atoms with van der Waals surface area (Å²) in [6.07, 6.45) is 0. The number of nitrogens with one attached hydrogen (secondary N) is 1. The van der Waals surface area contributed by atoms with Gasteiger partial charge in [0.15, 0.2) is 0 Å². The van der Waals surface area contributed by atoms with Crippen molar-refractivity contribution in [1.29, 1.82) is 5.41 Å². The molecule has 1 aliphatic heterocycles. The van der Waals surface area contributed by atoms with Crippen LogP contribution in [0.2, 0.25) is 0 Å². The van der Waals surface area contributed by atoms with E-state index >= 15 is 0 Å². The largest absolute Gasteiger partial charge is 0.398 e.